The smallest absolute Gasteiger partial charge is 0.270 e. The van der Waals surface area contributed by atoms with E-state index in [0.29, 0.717) is 28.5 Å². The molecule has 0 aliphatic rings. The van der Waals surface area contributed by atoms with Crippen LogP contribution in [0.1, 0.15) is 16.1 Å². The van der Waals surface area contributed by atoms with Gasteiger partial charge >= 0.3 is 0 Å². The number of hydrogen-bond acceptors (Lipinski definition) is 5. The topological polar surface area (TPSA) is 69.7 Å². The molecule has 0 saturated carbocycles. The van der Waals surface area contributed by atoms with Crippen LogP contribution < -0.4 is 19.5 Å². The second kappa shape index (κ2) is 7.74. The van der Waals surface area contributed by atoms with Gasteiger partial charge in [-0.15, -0.1) is 0 Å². The summed E-state index contributed by atoms with van der Waals surface area (Å²) in [7, 11) is 4.75. The molecule has 6 heteroatoms. The Kier molecular flexibility index (Phi) is 5.22. The van der Waals surface area contributed by atoms with Crippen LogP contribution >= 0.6 is 0 Å². The summed E-state index contributed by atoms with van der Waals surface area (Å²) in [6.45, 7) is 0.288. The number of carbonyl (C=O) groups is 1. The zero-order valence-electron chi connectivity index (χ0n) is 14.9. The summed E-state index contributed by atoms with van der Waals surface area (Å²) in [6, 6.07) is 14.6. The molecule has 0 aliphatic heterocycles. The quantitative estimate of drug-likeness (QED) is 0.738. The number of hydrogen-bond donors (Lipinski definition) is 1. The highest BCUT2D eigenvalue weighted by atomic mass is 16.5. The first-order valence-corrected chi connectivity index (χ1v) is 8.09. The molecule has 6 nitrogen and oxygen atoms in total. The van der Waals surface area contributed by atoms with Crippen LogP contribution in [0, 0.1) is 0 Å². The molecule has 3 rings (SSSR count). The zero-order chi connectivity index (χ0) is 18.5. The van der Waals surface area contributed by atoms with E-state index in [1.165, 1.54) is 0 Å². The maximum Gasteiger partial charge on any atom is 0.270 e. The number of carbonyl (C=O) groups excluding carboxylic acids is 1. The second-order valence-electron chi connectivity index (χ2n) is 5.59. The number of nitrogens with zero attached hydrogens (tertiary/aromatic N) is 1. The summed E-state index contributed by atoms with van der Waals surface area (Å²) in [4.78, 5) is 17.0. The van der Waals surface area contributed by atoms with Gasteiger partial charge in [-0.2, -0.15) is 0 Å². The molecule has 0 bridgehead atoms. The van der Waals surface area contributed by atoms with Crippen molar-refractivity contribution in [3.05, 3.63) is 59.8 Å². The van der Waals surface area contributed by atoms with Crippen molar-refractivity contribution in [3.8, 4) is 17.2 Å². The van der Waals surface area contributed by atoms with Gasteiger partial charge in [0.2, 0.25) is 0 Å². The Labute approximate surface area is 151 Å². The van der Waals surface area contributed by atoms with E-state index in [4.69, 9.17) is 14.2 Å². The average Bonchev–Trinajstić information content (AvgIpc) is 2.70. The van der Waals surface area contributed by atoms with E-state index in [2.05, 4.69) is 10.3 Å². The normalized spacial score (nSPS) is 10.4. The van der Waals surface area contributed by atoms with Crippen molar-refractivity contribution in [1.82, 2.24) is 10.3 Å². The Morgan fingerprint density at radius 1 is 0.962 bits per heavy atom. The SMILES string of the molecule is COc1ccc(OC)c(CNC(=O)c2cc(OC)c3ccccc3n2)c1. The summed E-state index contributed by atoms with van der Waals surface area (Å²) in [5.41, 5.74) is 1.81. The van der Waals surface area contributed by atoms with Gasteiger partial charge in [-0.1, -0.05) is 12.1 Å². The minimum absolute atomic E-state index is 0.288. The summed E-state index contributed by atoms with van der Waals surface area (Å²) in [6.07, 6.45) is 0. The minimum atomic E-state index is -0.293. The van der Waals surface area contributed by atoms with Crippen LogP contribution in [0.15, 0.2) is 48.5 Å². The molecule has 2 aromatic carbocycles. The minimum Gasteiger partial charge on any atom is -0.497 e. The van der Waals surface area contributed by atoms with Crippen LogP contribution in [-0.4, -0.2) is 32.2 Å². The van der Waals surface area contributed by atoms with Crippen molar-refractivity contribution in [1.29, 1.82) is 0 Å². The van der Waals surface area contributed by atoms with Crippen LogP contribution in [0.4, 0.5) is 0 Å². The van der Waals surface area contributed by atoms with Gasteiger partial charge in [0.05, 0.1) is 26.8 Å². The number of nitrogens with one attached hydrogen (secondary N) is 1. The lowest BCUT2D eigenvalue weighted by atomic mass is 10.1. The van der Waals surface area contributed by atoms with Gasteiger partial charge < -0.3 is 19.5 Å². The lowest BCUT2D eigenvalue weighted by Crippen LogP contribution is -2.24. The number of methoxy groups -OCH3 is 3. The van der Waals surface area contributed by atoms with Crippen molar-refractivity contribution >= 4 is 16.8 Å². The fourth-order valence-electron chi connectivity index (χ4n) is 2.71. The molecule has 1 N–H and O–H groups in total. The summed E-state index contributed by atoms with van der Waals surface area (Å²) in [5, 5.41) is 3.73. The van der Waals surface area contributed by atoms with Crippen LogP contribution in [0.5, 0.6) is 17.2 Å². The molecule has 26 heavy (non-hydrogen) atoms. The average molecular weight is 352 g/mol. The predicted molar refractivity (Wildman–Crippen MR) is 99.0 cm³/mol. The van der Waals surface area contributed by atoms with Crippen molar-refractivity contribution < 1.29 is 19.0 Å². The molecule has 1 amide bonds. The number of para-hydroxylation sites is 1. The highest BCUT2D eigenvalue weighted by molar-refractivity contribution is 5.97. The van der Waals surface area contributed by atoms with Crippen LogP contribution in [0.3, 0.4) is 0 Å². The van der Waals surface area contributed by atoms with Crippen LogP contribution in [-0.2, 0) is 6.54 Å². The molecule has 0 radical (unpaired) electrons. The first-order chi connectivity index (χ1) is 12.7. The highest BCUT2D eigenvalue weighted by Gasteiger charge is 2.13. The Hall–Kier alpha value is -3.28. The molecule has 0 saturated heterocycles. The van der Waals surface area contributed by atoms with Gasteiger partial charge in [-0.25, -0.2) is 4.98 Å². The monoisotopic (exact) mass is 352 g/mol. The maximum atomic E-state index is 12.6. The number of amides is 1. The number of pyridine rings is 1. The van der Waals surface area contributed by atoms with Gasteiger partial charge in [0.25, 0.3) is 5.91 Å². The van der Waals surface area contributed by atoms with E-state index in [1.54, 1.807) is 39.5 Å². The number of benzene rings is 2. The Balaban J connectivity index is 1.84. The Bertz CT molecular complexity index is 940. The Morgan fingerprint density at radius 2 is 1.73 bits per heavy atom. The van der Waals surface area contributed by atoms with E-state index >= 15 is 0 Å². The van der Waals surface area contributed by atoms with E-state index in [9.17, 15) is 4.79 Å². The molecule has 1 heterocycles. The molecule has 0 aliphatic carbocycles. The zero-order valence-corrected chi connectivity index (χ0v) is 14.9. The third-order valence-corrected chi connectivity index (χ3v) is 4.06. The number of aromatic nitrogens is 1. The van der Waals surface area contributed by atoms with E-state index < -0.39 is 0 Å². The molecule has 1 aromatic heterocycles. The van der Waals surface area contributed by atoms with Crippen molar-refractivity contribution in [2.24, 2.45) is 0 Å². The highest BCUT2D eigenvalue weighted by Crippen LogP contribution is 2.26. The lowest BCUT2D eigenvalue weighted by Gasteiger charge is -2.12. The molecule has 3 aromatic rings. The molecule has 134 valence electrons. The van der Waals surface area contributed by atoms with E-state index in [1.807, 2.05) is 30.3 Å². The number of rotatable bonds is 6. The summed E-state index contributed by atoms with van der Waals surface area (Å²) in [5.74, 6) is 1.69. The van der Waals surface area contributed by atoms with Crippen LogP contribution in [0.2, 0.25) is 0 Å². The molecule has 0 spiro atoms. The van der Waals surface area contributed by atoms with Gasteiger partial charge in [-0.3, -0.25) is 4.79 Å². The maximum absolute atomic E-state index is 12.6. The molecule has 0 fully saturated rings. The van der Waals surface area contributed by atoms with Crippen molar-refractivity contribution in [3.63, 3.8) is 0 Å². The molecular formula is C20H20N2O4. The third-order valence-electron chi connectivity index (χ3n) is 4.06. The number of ether oxygens (including phenoxy) is 3. The molecular weight excluding hydrogens is 332 g/mol. The standard InChI is InChI=1S/C20H20N2O4/c1-24-14-8-9-18(25-2)13(10-14)12-21-20(23)17-11-19(26-3)15-6-4-5-7-16(15)22-17/h4-11H,12H2,1-3H3,(H,21,23). The largest absolute Gasteiger partial charge is 0.497 e. The van der Waals surface area contributed by atoms with Crippen molar-refractivity contribution in [2.45, 2.75) is 6.54 Å². The Morgan fingerprint density at radius 3 is 2.46 bits per heavy atom. The second-order valence-corrected chi connectivity index (χ2v) is 5.59. The van der Waals surface area contributed by atoms with E-state index in [0.717, 1.165) is 10.9 Å². The first-order valence-electron chi connectivity index (χ1n) is 8.09. The summed E-state index contributed by atoms with van der Waals surface area (Å²) < 4.78 is 16.0. The molecule has 0 unspecified atom stereocenters. The fourth-order valence-corrected chi connectivity index (χ4v) is 2.71. The van der Waals surface area contributed by atoms with Gasteiger partial charge in [0, 0.05) is 23.6 Å². The fraction of sp³-hybridized carbons (Fsp3) is 0.200. The van der Waals surface area contributed by atoms with Gasteiger partial charge in [0.1, 0.15) is 22.9 Å². The summed E-state index contributed by atoms with van der Waals surface area (Å²) >= 11 is 0. The van der Waals surface area contributed by atoms with Crippen LogP contribution in [0.25, 0.3) is 10.9 Å². The number of fused-ring (bicyclic) bond motifs is 1. The van der Waals surface area contributed by atoms with Gasteiger partial charge in [-0.05, 0) is 30.3 Å². The predicted octanol–water partition coefficient (Wildman–Crippen LogP) is 3.19. The third kappa shape index (κ3) is 3.54. The lowest BCUT2D eigenvalue weighted by molar-refractivity contribution is 0.0945. The van der Waals surface area contributed by atoms with E-state index in [-0.39, 0.29) is 12.5 Å². The van der Waals surface area contributed by atoms with Gasteiger partial charge in [0.15, 0.2) is 0 Å². The molecule has 0 atom stereocenters. The first kappa shape index (κ1) is 17.5. The van der Waals surface area contributed by atoms with Crippen molar-refractivity contribution in [2.75, 3.05) is 21.3 Å².